The van der Waals surface area contributed by atoms with Crippen molar-refractivity contribution < 1.29 is 4.79 Å². The van der Waals surface area contributed by atoms with Crippen LogP contribution in [0.2, 0.25) is 5.02 Å². The number of nitrogens with zero attached hydrogens (tertiary/aromatic N) is 1. The number of benzene rings is 1. The minimum Gasteiger partial charge on any atom is -0.342 e. The summed E-state index contributed by atoms with van der Waals surface area (Å²) in [6.45, 7) is 1.76. The van der Waals surface area contributed by atoms with E-state index in [4.69, 9.17) is 11.6 Å². The number of rotatable bonds is 2. The molecular formula is C15H18ClNOS. The number of thioether (sulfide) groups is 1. The summed E-state index contributed by atoms with van der Waals surface area (Å²) >= 11 is 8.20. The van der Waals surface area contributed by atoms with E-state index < -0.39 is 0 Å². The molecule has 1 saturated heterocycles. The van der Waals surface area contributed by atoms with Crippen LogP contribution in [0.3, 0.4) is 0 Å². The summed E-state index contributed by atoms with van der Waals surface area (Å²) in [4.78, 5) is 14.2. The van der Waals surface area contributed by atoms with Crippen molar-refractivity contribution in [2.75, 3.05) is 18.8 Å². The van der Waals surface area contributed by atoms with Gasteiger partial charge in [0.25, 0.3) is 0 Å². The summed E-state index contributed by atoms with van der Waals surface area (Å²) in [6.07, 6.45) is 3.19. The smallest absolute Gasteiger partial charge is 0.225 e. The highest BCUT2D eigenvalue weighted by atomic mass is 35.5. The summed E-state index contributed by atoms with van der Waals surface area (Å²) in [6, 6.07) is 8.07. The van der Waals surface area contributed by atoms with Crippen molar-refractivity contribution in [3.63, 3.8) is 0 Å². The highest BCUT2D eigenvalue weighted by molar-refractivity contribution is 7.99. The highest BCUT2D eigenvalue weighted by Crippen LogP contribution is 2.39. The van der Waals surface area contributed by atoms with E-state index >= 15 is 0 Å². The number of amides is 1. The maximum atomic E-state index is 12.1. The normalized spacial score (nSPS) is 24.1. The number of hydrogen-bond acceptors (Lipinski definition) is 2. The molecule has 0 N–H and O–H groups in total. The molecule has 4 heteroatoms. The Morgan fingerprint density at radius 3 is 2.74 bits per heavy atom. The Hall–Kier alpha value is -0.670. The van der Waals surface area contributed by atoms with E-state index in [1.54, 1.807) is 0 Å². The van der Waals surface area contributed by atoms with Crippen LogP contribution in [-0.4, -0.2) is 29.6 Å². The van der Waals surface area contributed by atoms with Crippen LogP contribution in [0.25, 0.3) is 0 Å². The zero-order valence-electron chi connectivity index (χ0n) is 10.8. The van der Waals surface area contributed by atoms with Crippen LogP contribution < -0.4 is 0 Å². The zero-order chi connectivity index (χ0) is 13.2. The Morgan fingerprint density at radius 1 is 1.21 bits per heavy atom. The van der Waals surface area contributed by atoms with Crippen molar-refractivity contribution in [3.05, 3.63) is 34.9 Å². The van der Waals surface area contributed by atoms with Crippen LogP contribution in [0.5, 0.6) is 0 Å². The Balaban J connectivity index is 1.67. The molecule has 0 spiro atoms. The van der Waals surface area contributed by atoms with Gasteiger partial charge in [0, 0.05) is 35.0 Å². The van der Waals surface area contributed by atoms with Gasteiger partial charge in [-0.2, -0.15) is 11.8 Å². The Morgan fingerprint density at radius 2 is 2.00 bits per heavy atom. The Kier molecular flexibility index (Phi) is 4.04. The third kappa shape index (κ3) is 3.09. The van der Waals surface area contributed by atoms with Crippen molar-refractivity contribution in [1.29, 1.82) is 0 Å². The Bertz CT molecular complexity index is 475. The van der Waals surface area contributed by atoms with E-state index in [9.17, 15) is 4.79 Å². The molecule has 1 aromatic carbocycles. The molecule has 3 rings (SSSR count). The largest absolute Gasteiger partial charge is 0.342 e. The van der Waals surface area contributed by atoms with Gasteiger partial charge in [0.15, 0.2) is 0 Å². The predicted octanol–water partition coefficient (Wildman–Crippen LogP) is 3.76. The van der Waals surface area contributed by atoms with E-state index in [1.165, 1.54) is 5.56 Å². The summed E-state index contributed by atoms with van der Waals surface area (Å²) in [5.41, 5.74) is 1.22. The molecule has 0 bridgehead atoms. The fourth-order valence-corrected chi connectivity index (χ4v) is 4.16. The van der Waals surface area contributed by atoms with Crippen LogP contribution in [0.15, 0.2) is 24.3 Å². The van der Waals surface area contributed by atoms with Crippen LogP contribution in [0.1, 0.15) is 30.1 Å². The van der Waals surface area contributed by atoms with Gasteiger partial charge in [-0.3, -0.25) is 4.79 Å². The van der Waals surface area contributed by atoms with E-state index in [2.05, 4.69) is 11.0 Å². The number of halogens is 1. The first-order valence-corrected chi connectivity index (χ1v) is 8.33. The molecule has 0 radical (unpaired) electrons. The minimum absolute atomic E-state index is 0.335. The summed E-state index contributed by atoms with van der Waals surface area (Å²) in [5, 5.41) is 1.27. The van der Waals surface area contributed by atoms with Gasteiger partial charge in [0.2, 0.25) is 5.91 Å². The van der Waals surface area contributed by atoms with Gasteiger partial charge in [-0.05, 0) is 30.9 Å². The second-order valence-electron chi connectivity index (χ2n) is 5.27. The first kappa shape index (κ1) is 13.3. The van der Waals surface area contributed by atoms with Crippen molar-refractivity contribution in [1.82, 2.24) is 4.90 Å². The number of hydrogen-bond donors (Lipinski definition) is 0. The molecule has 1 aliphatic heterocycles. The van der Waals surface area contributed by atoms with Gasteiger partial charge in [-0.25, -0.2) is 0 Å². The molecule has 0 unspecified atom stereocenters. The van der Waals surface area contributed by atoms with Gasteiger partial charge in [-0.1, -0.05) is 29.8 Å². The molecule has 1 amide bonds. The molecule has 1 aromatic rings. The third-order valence-electron chi connectivity index (χ3n) is 3.83. The predicted molar refractivity (Wildman–Crippen MR) is 80.6 cm³/mol. The lowest BCUT2D eigenvalue weighted by molar-refractivity contribution is -0.132. The standard InChI is InChI=1S/C15H18ClNOS/c16-13-4-2-1-3-12(13)14-7-8-17(9-10-19-14)15(18)11-5-6-11/h1-4,11,14H,5-10H2/t14-/m1/s1. The third-order valence-corrected chi connectivity index (χ3v) is 5.49. The van der Waals surface area contributed by atoms with Crippen LogP contribution in [0, 0.1) is 5.92 Å². The molecule has 2 aliphatic rings. The molecule has 0 aromatic heterocycles. The summed E-state index contributed by atoms with van der Waals surface area (Å²) in [7, 11) is 0. The first-order chi connectivity index (χ1) is 9.25. The first-order valence-electron chi connectivity index (χ1n) is 6.90. The quantitative estimate of drug-likeness (QED) is 0.828. The number of carbonyl (C=O) groups is 1. The van der Waals surface area contributed by atoms with Crippen molar-refractivity contribution >= 4 is 29.3 Å². The van der Waals surface area contributed by atoms with Gasteiger partial charge in [0.05, 0.1) is 0 Å². The Labute approximate surface area is 123 Å². The number of carbonyl (C=O) groups excluding carboxylic acids is 1. The molecule has 1 atom stereocenters. The van der Waals surface area contributed by atoms with Crippen LogP contribution in [-0.2, 0) is 4.79 Å². The fraction of sp³-hybridized carbons (Fsp3) is 0.533. The van der Waals surface area contributed by atoms with Crippen LogP contribution >= 0.6 is 23.4 Å². The van der Waals surface area contributed by atoms with Crippen molar-refractivity contribution in [3.8, 4) is 0 Å². The van der Waals surface area contributed by atoms with E-state index in [-0.39, 0.29) is 0 Å². The summed E-state index contributed by atoms with van der Waals surface area (Å²) in [5.74, 6) is 1.72. The molecule has 2 fully saturated rings. The molecule has 2 nitrogen and oxygen atoms in total. The lowest BCUT2D eigenvalue weighted by atomic mass is 10.1. The lowest BCUT2D eigenvalue weighted by Crippen LogP contribution is -2.34. The second-order valence-corrected chi connectivity index (χ2v) is 6.99. The minimum atomic E-state index is 0.335. The molecule has 1 heterocycles. The SMILES string of the molecule is O=C(C1CC1)N1CCS[C@@H](c2ccccc2Cl)CC1. The van der Waals surface area contributed by atoms with Crippen molar-refractivity contribution in [2.24, 2.45) is 5.92 Å². The van der Waals surface area contributed by atoms with Crippen LogP contribution in [0.4, 0.5) is 0 Å². The lowest BCUT2D eigenvalue weighted by Gasteiger charge is -2.20. The fourth-order valence-electron chi connectivity index (χ4n) is 2.56. The summed E-state index contributed by atoms with van der Waals surface area (Å²) < 4.78 is 0. The average Bonchev–Trinajstić information content (AvgIpc) is 3.25. The van der Waals surface area contributed by atoms with E-state index in [0.29, 0.717) is 17.1 Å². The van der Waals surface area contributed by atoms with Crippen molar-refractivity contribution in [2.45, 2.75) is 24.5 Å². The van der Waals surface area contributed by atoms with E-state index in [1.807, 2.05) is 30.0 Å². The molecule has 19 heavy (non-hydrogen) atoms. The highest BCUT2D eigenvalue weighted by Gasteiger charge is 2.34. The topological polar surface area (TPSA) is 20.3 Å². The monoisotopic (exact) mass is 295 g/mol. The van der Waals surface area contributed by atoms with Gasteiger partial charge in [0.1, 0.15) is 0 Å². The van der Waals surface area contributed by atoms with Gasteiger partial charge >= 0.3 is 0 Å². The van der Waals surface area contributed by atoms with E-state index in [0.717, 1.165) is 43.1 Å². The molecule has 102 valence electrons. The molecule has 1 aliphatic carbocycles. The molecule has 1 saturated carbocycles. The second kappa shape index (κ2) is 5.76. The van der Waals surface area contributed by atoms with Gasteiger partial charge in [-0.15, -0.1) is 0 Å². The zero-order valence-corrected chi connectivity index (χ0v) is 12.4. The molecular weight excluding hydrogens is 278 g/mol. The maximum absolute atomic E-state index is 12.1. The maximum Gasteiger partial charge on any atom is 0.225 e. The van der Waals surface area contributed by atoms with Gasteiger partial charge < -0.3 is 4.90 Å². The average molecular weight is 296 g/mol.